The number of hydrogen-bond acceptors (Lipinski definition) is 3. The van der Waals surface area contributed by atoms with Gasteiger partial charge in [-0.1, -0.05) is 59.3 Å². The number of ether oxygens (including phenoxy) is 1. The maximum absolute atomic E-state index is 14.3. The van der Waals surface area contributed by atoms with Gasteiger partial charge in [-0.3, -0.25) is 9.59 Å². The van der Waals surface area contributed by atoms with Crippen molar-refractivity contribution in [2.45, 2.75) is 99.3 Å². The molecule has 0 N–H and O–H groups in total. The second-order valence-corrected chi connectivity index (χ2v) is 14.3. The summed E-state index contributed by atoms with van der Waals surface area (Å²) in [6, 6.07) is 0. The van der Waals surface area contributed by atoms with Gasteiger partial charge in [0.15, 0.2) is 5.78 Å². The summed E-state index contributed by atoms with van der Waals surface area (Å²) in [7, 11) is 1.53. The smallest absolute Gasteiger partial charge is 0.312 e. The predicted molar refractivity (Wildman–Crippen MR) is 136 cm³/mol. The van der Waals surface area contributed by atoms with E-state index in [0.717, 1.165) is 51.4 Å². The van der Waals surface area contributed by atoms with Gasteiger partial charge in [0.2, 0.25) is 0 Å². The molecule has 0 aromatic carbocycles. The Balaban J connectivity index is 1.65. The van der Waals surface area contributed by atoms with E-state index in [4.69, 9.17) is 4.74 Å². The number of carbonyl (C=O) groups excluding carboxylic acids is 2. The van der Waals surface area contributed by atoms with E-state index in [1.807, 2.05) is 0 Å². The average molecular weight is 467 g/mol. The third-order valence-electron chi connectivity index (χ3n) is 12.6. The van der Waals surface area contributed by atoms with Gasteiger partial charge < -0.3 is 4.74 Å². The summed E-state index contributed by atoms with van der Waals surface area (Å²) >= 11 is 0. The Morgan fingerprint density at radius 2 is 1.68 bits per heavy atom. The number of esters is 1. The first kappa shape index (κ1) is 24.3. The number of hydrogen-bond donors (Lipinski definition) is 0. The third-order valence-corrected chi connectivity index (χ3v) is 12.6. The van der Waals surface area contributed by atoms with Crippen molar-refractivity contribution in [2.75, 3.05) is 7.11 Å². The molecule has 0 heterocycles. The number of ketones is 1. The monoisotopic (exact) mass is 466 g/mol. The molecule has 8 atom stereocenters. The molecule has 4 fully saturated rings. The molecule has 3 nitrogen and oxygen atoms in total. The van der Waals surface area contributed by atoms with Crippen LogP contribution < -0.4 is 0 Å². The molecule has 5 rings (SSSR count). The highest BCUT2D eigenvalue weighted by Crippen LogP contribution is 2.74. The molecule has 0 spiro atoms. The summed E-state index contributed by atoms with van der Waals surface area (Å²) in [4.78, 5) is 27.6. The van der Waals surface area contributed by atoms with Crippen LogP contribution in [0.25, 0.3) is 0 Å². The molecule has 3 heteroatoms. The highest BCUT2D eigenvalue weighted by atomic mass is 16.5. The van der Waals surface area contributed by atoms with E-state index in [-0.39, 0.29) is 39.5 Å². The normalized spacial score (nSPS) is 49.7. The predicted octanol–water partition coefficient (Wildman–Crippen LogP) is 7.31. The molecular formula is C31H46O3. The van der Waals surface area contributed by atoms with Crippen LogP contribution in [0.4, 0.5) is 0 Å². The molecule has 0 radical (unpaired) electrons. The lowest BCUT2D eigenvalue weighted by Crippen LogP contribution is -2.65. The second kappa shape index (κ2) is 7.32. The Morgan fingerprint density at radius 1 is 1.00 bits per heavy atom. The first-order chi connectivity index (χ1) is 15.8. The van der Waals surface area contributed by atoms with Gasteiger partial charge >= 0.3 is 5.97 Å². The van der Waals surface area contributed by atoms with Gasteiger partial charge in [-0.2, -0.15) is 0 Å². The molecule has 0 aliphatic heterocycles. The minimum Gasteiger partial charge on any atom is -0.469 e. The molecule has 0 aromatic heterocycles. The Hall–Kier alpha value is -1.38. The topological polar surface area (TPSA) is 43.4 Å². The zero-order chi connectivity index (χ0) is 24.9. The highest BCUT2D eigenvalue weighted by molar-refractivity contribution is 5.96. The van der Waals surface area contributed by atoms with Crippen molar-refractivity contribution in [2.24, 2.45) is 50.7 Å². The van der Waals surface area contributed by atoms with Crippen LogP contribution in [0.2, 0.25) is 0 Å². The number of rotatable bonds is 1. The molecule has 0 amide bonds. The summed E-state index contributed by atoms with van der Waals surface area (Å²) in [5, 5.41) is 0. The van der Waals surface area contributed by atoms with Crippen molar-refractivity contribution in [1.82, 2.24) is 0 Å². The van der Waals surface area contributed by atoms with E-state index in [9.17, 15) is 9.59 Å². The van der Waals surface area contributed by atoms with Crippen LogP contribution >= 0.6 is 0 Å². The van der Waals surface area contributed by atoms with Gasteiger partial charge in [0, 0.05) is 5.92 Å². The molecule has 0 aromatic rings. The van der Waals surface area contributed by atoms with Gasteiger partial charge in [0.05, 0.1) is 12.5 Å². The van der Waals surface area contributed by atoms with Crippen LogP contribution in [-0.4, -0.2) is 18.9 Å². The van der Waals surface area contributed by atoms with E-state index in [1.165, 1.54) is 24.7 Å². The van der Waals surface area contributed by atoms with E-state index < -0.39 is 5.41 Å². The van der Waals surface area contributed by atoms with Gasteiger partial charge in [-0.05, 0) is 103 Å². The van der Waals surface area contributed by atoms with E-state index in [1.54, 1.807) is 0 Å². The minimum absolute atomic E-state index is 0.000903. The molecule has 4 saturated carbocycles. The lowest BCUT2D eigenvalue weighted by Gasteiger charge is -2.69. The number of fused-ring (bicyclic) bond motifs is 7. The quantitative estimate of drug-likeness (QED) is 0.301. The van der Waals surface area contributed by atoms with Crippen LogP contribution in [0.3, 0.4) is 0 Å². The van der Waals surface area contributed by atoms with Gasteiger partial charge in [0.25, 0.3) is 0 Å². The average Bonchev–Trinajstić information content (AvgIpc) is 2.77. The lowest BCUT2D eigenvalue weighted by molar-refractivity contribution is -0.191. The van der Waals surface area contributed by atoms with Crippen LogP contribution in [-0.2, 0) is 14.3 Å². The zero-order valence-electron chi connectivity index (χ0n) is 22.7. The maximum Gasteiger partial charge on any atom is 0.312 e. The minimum atomic E-state index is -0.496. The van der Waals surface area contributed by atoms with Crippen molar-refractivity contribution < 1.29 is 14.3 Å². The van der Waals surface area contributed by atoms with Gasteiger partial charge in [-0.25, -0.2) is 0 Å². The molecule has 5 aliphatic carbocycles. The Kier molecular flexibility index (Phi) is 5.24. The molecule has 188 valence electrons. The summed E-state index contributed by atoms with van der Waals surface area (Å²) in [6.45, 7) is 18.7. The van der Waals surface area contributed by atoms with E-state index >= 15 is 0 Å². The largest absolute Gasteiger partial charge is 0.469 e. The summed E-state index contributed by atoms with van der Waals surface area (Å²) < 4.78 is 5.43. The molecule has 0 saturated heterocycles. The zero-order valence-corrected chi connectivity index (χ0v) is 22.7. The number of methoxy groups -OCH3 is 1. The fourth-order valence-corrected chi connectivity index (χ4v) is 10.1. The lowest BCUT2D eigenvalue weighted by atomic mass is 9.34. The second-order valence-electron chi connectivity index (χ2n) is 14.3. The summed E-state index contributed by atoms with van der Waals surface area (Å²) in [6.07, 6.45) is 11.2. The van der Waals surface area contributed by atoms with E-state index in [2.05, 4.69) is 54.2 Å². The molecule has 0 unspecified atom stereocenters. The van der Waals surface area contributed by atoms with Crippen LogP contribution in [0.15, 0.2) is 23.8 Å². The number of carbonyl (C=O) groups is 2. The Bertz CT molecular complexity index is 973. The SMILES string of the molecule is C=C1CC[C@]2(C)C3=CC(=O)[C@@H]4[C@@H]5CC(C)(C)CC[C@]5(C(=O)OC)CC[C@@]4(C)[C@]3(C)CC[C@H]2[C@@H]1C. The number of allylic oxidation sites excluding steroid dienone is 3. The Morgan fingerprint density at radius 3 is 2.35 bits per heavy atom. The highest BCUT2D eigenvalue weighted by Gasteiger charge is 2.70. The van der Waals surface area contributed by atoms with Crippen molar-refractivity contribution in [3.63, 3.8) is 0 Å². The summed E-state index contributed by atoms with van der Waals surface area (Å²) in [5.74, 6) is 1.29. The molecule has 5 aliphatic rings. The first-order valence-corrected chi connectivity index (χ1v) is 13.8. The van der Waals surface area contributed by atoms with Crippen molar-refractivity contribution in [1.29, 1.82) is 0 Å². The first-order valence-electron chi connectivity index (χ1n) is 13.8. The van der Waals surface area contributed by atoms with Gasteiger partial charge in [0.1, 0.15) is 0 Å². The van der Waals surface area contributed by atoms with Crippen molar-refractivity contribution in [3.8, 4) is 0 Å². The molecule has 34 heavy (non-hydrogen) atoms. The Labute approximate surface area is 207 Å². The van der Waals surface area contributed by atoms with Crippen LogP contribution in [0.1, 0.15) is 99.3 Å². The fraction of sp³-hybridized carbons (Fsp3) is 0.806. The van der Waals surface area contributed by atoms with E-state index in [0.29, 0.717) is 17.6 Å². The standard InChI is InChI=1S/C31H46O3/c1-19-9-11-28(5)21(20(19)2)10-12-29(6)24(28)17-23(32)25-22-18-27(3,4)13-15-31(22,26(33)34-8)16-14-30(25,29)7/h17,20-22,25H,1,9-16,18H2,2-8H3/t20-,21+,22+,25+,28+,29-,30-,31+/m1/s1. The van der Waals surface area contributed by atoms with Crippen LogP contribution in [0.5, 0.6) is 0 Å². The fourth-order valence-electron chi connectivity index (χ4n) is 10.1. The third kappa shape index (κ3) is 2.88. The molecule has 0 bridgehead atoms. The van der Waals surface area contributed by atoms with Crippen LogP contribution in [0, 0.1) is 50.7 Å². The van der Waals surface area contributed by atoms with Crippen molar-refractivity contribution >= 4 is 11.8 Å². The van der Waals surface area contributed by atoms with Crippen molar-refractivity contribution in [3.05, 3.63) is 23.8 Å². The van der Waals surface area contributed by atoms with Gasteiger partial charge in [-0.15, -0.1) is 0 Å². The molecular weight excluding hydrogens is 420 g/mol. The maximum atomic E-state index is 14.3. The summed E-state index contributed by atoms with van der Waals surface area (Å²) in [5.41, 5.74) is 2.43.